The Hall–Kier alpha value is -2.25. The minimum atomic E-state index is -0.369. The number of carbonyl (C=O) groups excluding carboxylic acids is 1. The maximum absolute atomic E-state index is 12.3. The van der Waals surface area contributed by atoms with E-state index in [2.05, 4.69) is 36.8 Å². The number of hydrogen-bond acceptors (Lipinski definition) is 4. The van der Waals surface area contributed by atoms with Crippen molar-refractivity contribution in [1.29, 1.82) is 0 Å². The summed E-state index contributed by atoms with van der Waals surface area (Å²) in [6, 6.07) is 13.9. The summed E-state index contributed by atoms with van der Waals surface area (Å²) >= 11 is 9.23. The molecule has 1 atom stereocenters. The first-order valence-electron chi connectivity index (χ1n) is 7.15. The van der Waals surface area contributed by atoms with Crippen molar-refractivity contribution in [2.45, 2.75) is 13.0 Å². The van der Waals surface area contributed by atoms with Crippen LogP contribution in [0.15, 0.2) is 53.0 Å². The topological polar surface area (TPSA) is 72.7 Å². The van der Waals surface area contributed by atoms with E-state index in [1.165, 1.54) is 0 Å². The third-order valence-corrected chi connectivity index (χ3v) is 4.19. The van der Waals surface area contributed by atoms with Crippen molar-refractivity contribution in [2.24, 2.45) is 0 Å². The van der Waals surface area contributed by atoms with Gasteiger partial charge in [0.2, 0.25) is 0 Å². The fourth-order valence-corrected chi connectivity index (χ4v) is 2.57. The highest BCUT2D eigenvalue weighted by Gasteiger charge is 2.18. The van der Waals surface area contributed by atoms with Gasteiger partial charge in [-0.3, -0.25) is 4.79 Å². The van der Waals surface area contributed by atoms with Crippen LogP contribution in [0, 0.1) is 0 Å². The molecular weight excluding hydrogens is 394 g/mol. The van der Waals surface area contributed by atoms with E-state index in [-0.39, 0.29) is 11.9 Å². The number of rotatable bonds is 4. The van der Waals surface area contributed by atoms with Gasteiger partial charge in [-0.1, -0.05) is 27.5 Å². The van der Waals surface area contributed by atoms with Crippen LogP contribution in [0.25, 0.3) is 5.69 Å². The van der Waals surface area contributed by atoms with E-state index < -0.39 is 0 Å². The minimum absolute atomic E-state index is 0.218. The number of amides is 1. The standard InChI is InChI=1S/C16H13BrClN5O/c1-10(19-16(24)11-2-6-13(18)7-3-11)15-20-21-22-23(15)14-8-4-12(17)5-9-14/h2-10H,1H3,(H,19,24). The summed E-state index contributed by atoms with van der Waals surface area (Å²) < 4.78 is 2.56. The van der Waals surface area contributed by atoms with E-state index in [0.717, 1.165) is 10.2 Å². The number of aromatic nitrogens is 4. The van der Waals surface area contributed by atoms with Crippen molar-refractivity contribution >= 4 is 33.4 Å². The second-order valence-electron chi connectivity index (χ2n) is 5.13. The molecule has 0 spiro atoms. The second-order valence-corrected chi connectivity index (χ2v) is 6.48. The molecule has 1 heterocycles. The Balaban J connectivity index is 1.79. The van der Waals surface area contributed by atoms with Crippen LogP contribution in [-0.2, 0) is 0 Å². The van der Waals surface area contributed by atoms with Crippen LogP contribution < -0.4 is 5.32 Å². The Morgan fingerprint density at radius 1 is 1.17 bits per heavy atom. The molecule has 1 N–H and O–H groups in total. The van der Waals surface area contributed by atoms with E-state index in [4.69, 9.17) is 11.6 Å². The van der Waals surface area contributed by atoms with Crippen LogP contribution >= 0.6 is 27.5 Å². The van der Waals surface area contributed by atoms with Crippen LogP contribution in [0.1, 0.15) is 29.1 Å². The van der Waals surface area contributed by atoms with Gasteiger partial charge in [0.1, 0.15) is 0 Å². The fraction of sp³-hybridized carbons (Fsp3) is 0.125. The van der Waals surface area contributed by atoms with Gasteiger partial charge in [0.15, 0.2) is 5.82 Å². The highest BCUT2D eigenvalue weighted by atomic mass is 79.9. The summed E-state index contributed by atoms with van der Waals surface area (Å²) in [7, 11) is 0. The predicted octanol–water partition coefficient (Wildman–Crippen LogP) is 3.57. The molecule has 3 rings (SSSR count). The molecule has 6 nitrogen and oxygen atoms in total. The first-order chi connectivity index (χ1) is 11.5. The van der Waals surface area contributed by atoms with Gasteiger partial charge in [-0.05, 0) is 65.9 Å². The molecule has 0 aliphatic rings. The Bertz CT molecular complexity index is 848. The number of tetrazole rings is 1. The van der Waals surface area contributed by atoms with Gasteiger partial charge in [-0.25, -0.2) is 0 Å². The quantitative estimate of drug-likeness (QED) is 0.719. The van der Waals surface area contributed by atoms with Gasteiger partial charge in [-0.2, -0.15) is 4.68 Å². The van der Waals surface area contributed by atoms with E-state index in [1.807, 2.05) is 31.2 Å². The molecule has 0 aliphatic heterocycles. The summed E-state index contributed by atoms with van der Waals surface area (Å²) in [5.74, 6) is 0.323. The van der Waals surface area contributed by atoms with Gasteiger partial charge in [0, 0.05) is 15.1 Å². The number of benzene rings is 2. The lowest BCUT2D eigenvalue weighted by atomic mass is 10.2. The molecule has 1 amide bonds. The molecule has 0 aliphatic carbocycles. The highest BCUT2D eigenvalue weighted by molar-refractivity contribution is 9.10. The zero-order chi connectivity index (χ0) is 17.1. The van der Waals surface area contributed by atoms with Gasteiger partial charge in [0.05, 0.1) is 11.7 Å². The number of halogens is 2. The molecule has 0 saturated heterocycles. The lowest BCUT2D eigenvalue weighted by Gasteiger charge is -2.14. The van der Waals surface area contributed by atoms with Gasteiger partial charge >= 0.3 is 0 Å². The smallest absolute Gasteiger partial charge is 0.251 e. The molecule has 0 radical (unpaired) electrons. The highest BCUT2D eigenvalue weighted by Crippen LogP contribution is 2.17. The average molecular weight is 407 g/mol. The van der Waals surface area contributed by atoms with Gasteiger partial charge < -0.3 is 5.32 Å². The van der Waals surface area contributed by atoms with Crippen molar-refractivity contribution in [2.75, 3.05) is 0 Å². The van der Waals surface area contributed by atoms with Crippen molar-refractivity contribution in [3.63, 3.8) is 0 Å². The first kappa shape index (κ1) is 16.6. The molecule has 2 aromatic carbocycles. The van der Waals surface area contributed by atoms with Crippen molar-refractivity contribution < 1.29 is 4.79 Å². The molecule has 122 valence electrons. The number of hydrogen-bond donors (Lipinski definition) is 1. The van der Waals surface area contributed by atoms with Crippen LogP contribution in [0.3, 0.4) is 0 Å². The Morgan fingerprint density at radius 3 is 2.50 bits per heavy atom. The zero-order valence-electron chi connectivity index (χ0n) is 12.6. The minimum Gasteiger partial charge on any atom is -0.342 e. The van der Waals surface area contributed by atoms with Crippen molar-refractivity contribution in [3.05, 3.63) is 69.4 Å². The van der Waals surface area contributed by atoms with Crippen LogP contribution in [0.2, 0.25) is 5.02 Å². The van der Waals surface area contributed by atoms with Crippen LogP contribution in [-0.4, -0.2) is 26.1 Å². The van der Waals surface area contributed by atoms with Crippen LogP contribution in [0.4, 0.5) is 0 Å². The van der Waals surface area contributed by atoms with E-state index in [1.54, 1.807) is 28.9 Å². The van der Waals surface area contributed by atoms with Crippen molar-refractivity contribution in [1.82, 2.24) is 25.5 Å². The molecule has 0 saturated carbocycles. The van der Waals surface area contributed by atoms with Gasteiger partial charge in [-0.15, -0.1) is 5.10 Å². The largest absolute Gasteiger partial charge is 0.342 e. The molecular formula is C16H13BrClN5O. The normalized spacial score (nSPS) is 12.0. The summed E-state index contributed by atoms with van der Waals surface area (Å²) in [6.07, 6.45) is 0. The maximum Gasteiger partial charge on any atom is 0.251 e. The summed E-state index contributed by atoms with van der Waals surface area (Å²) in [5, 5.41) is 15.2. The molecule has 1 unspecified atom stereocenters. The lowest BCUT2D eigenvalue weighted by Crippen LogP contribution is -2.28. The Morgan fingerprint density at radius 2 is 1.83 bits per heavy atom. The van der Waals surface area contributed by atoms with Gasteiger partial charge in [0.25, 0.3) is 5.91 Å². The van der Waals surface area contributed by atoms with E-state index in [0.29, 0.717) is 16.4 Å². The molecule has 24 heavy (non-hydrogen) atoms. The SMILES string of the molecule is CC(NC(=O)c1ccc(Cl)cc1)c1nnnn1-c1ccc(Br)cc1. The zero-order valence-corrected chi connectivity index (χ0v) is 15.0. The summed E-state index contributed by atoms with van der Waals surface area (Å²) in [6.45, 7) is 1.83. The molecule has 1 aromatic heterocycles. The third-order valence-electron chi connectivity index (χ3n) is 3.41. The molecule has 8 heteroatoms. The Labute approximate surface area is 152 Å². The van der Waals surface area contributed by atoms with Crippen LogP contribution in [0.5, 0.6) is 0 Å². The third kappa shape index (κ3) is 3.63. The number of carbonyl (C=O) groups is 1. The second kappa shape index (κ2) is 7.11. The van der Waals surface area contributed by atoms with Crippen molar-refractivity contribution in [3.8, 4) is 5.69 Å². The molecule has 0 fully saturated rings. The number of nitrogens with zero attached hydrogens (tertiary/aromatic N) is 4. The average Bonchev–Trinajstić information content (AvgIpc) is 3.06. The summed E-state index contributed by atoms with van der Waals surface area (Å²) in [5.41, 5.74) is 1.33. The lowest BCUT2D eigenvalue weighted by molar-refractivity contribution is 0.0938. The maximum atomic E-state index is 12.3. The summed E-state index contributed by atoms with van der Waals surface area (Å²) in [4.78, 5) is 12.3. The molecule has 0 bridgehead atoms. The number of nitrogens with one attached hydrogen (secondary N) is 1. The first-order valence-corrected chi connectivity index (χ1v) is 8.32. The monoisotopic (exact) mass is 405 g/mol. The fourth-order valence-electron chi connectivity index (χ4n) is 2.18. The van der Waals surface area contributed by atoms with E-state index >= 15 is 0 Å². The predicted molar refractivity (Wildman–Crippen MR) is 94.2 cm³/mol. The van der Waals surface area contributed by atoms with E-state index in [9.17, 15) is 4.79 Å². The Kier molecular flexibility index (Phi) is 4.92. The molecule has 3 aromatic rings.